The Morgan fingerprint density at radius 3 is 2.81 bits per heavy atom. The van der Waals surface area contributed by atoms with E-state index in [1.54, 1.807) is 17.2 Å². The standard InChI is InChI=1S/C22H27N7OSi/c1-16(22(13-24)9-18(22)10-23)29-12-17(11-27-29)20-19-5-6-28(21(19)26-14-25-20)15-30-7-8-31(2,3)4/h5-6,11-12,14,16,18H,7-9,15H2,1-4H3. The molecule has 8 nitrogen and oxygen atoms in total. The van der Waals surface area contributed by atoms with Crippen LogP contribution in [0.25, 0.3) is 22.3 Å². The van der Waals surface area contributed by atoms with Crippen molar-refractivity contribution in [2.75, 3.05) is 6.61 Å². The third kappa shape index (κ3) is 3.99. The summed E-state index contributed by atoms with van der Waals surface area (Å²) in [5, 5.41) is 24.3. The lowest BCUT2D eigenvalue weighted by Gasteiger charge is -2.17. The number of nitrogens with zero attached hydrogens (tertiary/aromatic N) is 7. The van der Waals surface area contributed by atoms with Gasteiger partial charge in [-0.3, -0.25) is 4.68 Å². The Kier molecular flexibility index (Phi) is 5.42. The van der Waals surface area contributed by atoms with Crippen LogP contribution in [0, 0.1) is 34.0 Å². The lowest BCUT2D eigenvalue weighted by atomic mass is 9.97. The highest BCUT2D eigenvalue weighted by molar-refractivity contribution is 6.76. The van der Waals surface area contributed by atoms with Crippen molar-refractivity contribution in [1.29, 1.82) is 10.5 Å². The van der Waals surface area contributed by atoms with E-state index >= 15 is 0 Å². The largest absolute Gasteiger partial charge is 0.361 e. The molecule has 0 radical (unpaired) electrons. The van der Waals surface area contributed by atoms with Crippen LogP contribution in [0.4, 0.5) is 0 Å². The summed E-state index contributed by atoms with van der Waals surface area (Å²) in [5.74, 6) is -0.235. The minimum atomic E-state index is -1.12. The fourth-order valence-corrected chi connectivity index (χ4v) is 4.66. The highest BCUT2D eigenvalue weighted by atomic mass is 28.3. The van der Waals surface area contributed by atoms with Crippen molar-refractivity contribution in [3.63, 3.8) is 0 Å². The minimum Gasteiger partial charge on any atom is -0.361 e. The van der Waals surface area contributed by atoms with Crippen molar-refractivity contribution in [1.82, 2.24) is 24.3 Å². The molecule has 160 valence electrons. The van der Waals surface area contributed by atoms with Crippen LogP contribution < -0.4 is 0 Å². The summed E-state index contributed by atoms with van der Waals surface area (Å²) in [6.45, 7) is 10.2. The molecule has 0 spiro atoms. The molecule has 1 aliphatic carbocycles. The van der Waals surface area contributed by atoms with Crippen LogP contribution in [0.5, 0.6) is 0 Å². The first kappa shape index (κ1) is 21.2. The molecule has 1 saturated carbocycles. The van der Waals surface area contributed by atoms with Gasteiger partial charge in [-0.05, 0) is 25.5 Å². The Labute approximate surface area is 183 Å². The van der Waals surface area contributed by atoms with Crippen LogP contribution in [-0.2, 0) is 11.5 Å². The summed E-state index contributed by atoms with van der Waals surface area (Å²) in [4.78, 5) is 8.95. The van der Waals surface area contributed by atoms with Gasteiger partial charge in [-0.15, -0.1) is 0 Å². The zero-order chi connectivity index (χ0) is 22.2. The maximum Gasteiger partial charge on any atom is 0.145 e. The van der Waals surface area contributed by atoms with Crippen molar-refractivity contribution in [2.45, 2.75) is 51.8 Å². The number of ether oxygens (including phenoxy) is 1. The summed E-state index contributed by atoms with van der Waals surface area (Å²) < 4.78 is 9.65. The summed E-state index contributed by atoms with van der Waals surface area (Å²) in [7, 11) is -1.12. The number of nitriles is 2. The first-order chi connectivity index (χ1) is 14.8. The van der Waals surface area contributed by atoms with E-state index in [9.17, 15) is 10.5 Å². The zero-order valence-corrected chi connectivity index (χ0v) is 19.4. The number of rotatable bonds is 8. The number of hydrogen-bond acceptors (Lipinski definition) is 6. The molecular formula is C22H27N7OSi. The van der Waals surface area contributed by atoms with Gasteiger partial charge in [0.15, 0.2) is 0 Å². The van der Waals surface area contributed by atoms with E-state index in [2.05, 4.69) is 46.8 Å². The van der Waals surface area contributed by atoms with Gasteiger partial charge in [0.05, 0.1) is 41.4 Å². The lowest BCUT2D eigenvalue weighted by Crippen LogP contribution is -2.22. The molecule has 31 heavy (non-hydrogen) atoms. The third-order valence-corrected chi connectivity index (χ3v) is 7.87. The molecule has 0 aliphatic heterocycles. The zero-order valence-electron chi connectivity index (χ0n) is 18.4. The quantitative estimate of drug-likeness (QED) is 0.389. The van der Waals surface area contributed by atoms with Crippen molar-refractivity contribution < 1.29 is 4.74 Å². The van der Waals surface area contributed by atoms with Gasteiger partial charge in [0.2, 0.25) is 0 Å². The average Bonchev–Trinajstić information content (AvgIpc) is 3.06. The van der Waals surface area contributed by atoms with Crippen molar-refractivity contribution in [3.05, 3.63) is 31.0 Å². The smallest absolute Gasteiger partial charge is 0.145 e. The molecule has 3 unspecified atom stereocenters. The molecule has 3 atom stereocenters. The highest BCUT2D eigenvalue weighted by Crippen LogP contribution is 2.58. The van der Waals surface area contributed by atoms with E-state index in [1.807, 2.05) is 30.0 Å². The Hall–Kier alpha value is -3.01. The summed E-state index contributed by atoms with van der Waals surface area (Å²) in [6.07, 6.45) is 7.78. The Bertz CT molecular complexity index is 1180. The Morgan fingerprint density at radius 1 is 1.32 bits per heavy atom. The average molecular weight is 434 g/mol. The van der Waals surface area contributed by atoms with Crippen LogP contribution in [-0.4, -0.2) is 39.0 Å². The second-order valence-corrected chi connectivity index (χ2v) is 15.1. The number of hydrogen-bond donors (Lipinski definition) is 0. The van der Waals surface area contributed by atoms with Gasteiger partial charge in [0, 0.05) is 38.0 Å². The lowest BCUT2D eigenvalue weighted by molar-refractivity contribution is 0.0899. The molecule has 3 aromatic heterocycles. The second kappa shape index (κ2) is 7.91. The SMILES string of the molecule is CC(n1cc(-c2ncnc3c2ccn3COCC[Si](C)(C)C)cn1)C1(C#N)CC1C#N. The van der Waals surface area contributed by atoms with Gasteiger partial charge in [0.1, 0.15) is 18.7 Å². The molecule has 3 heterocycles. The molecule has 9 heteroatoms. The van der Waals surface area contributed by atoms with Crippen LogP contribution >= 0.6 is 0 Å². The molecular weight excluding hydrogens is 406 g/mol. The highest BCUT2D eigenvalue weighted by Gasteiger charge is 2.60. The van der Waals surface area contributed by atoms with E-state index in [1.165, 1.54) is 0 Å². The topological polar surface area (TPSA) is 105 Å². The van der Waals surface area contributed by atoms with Crippen LogP contribution in [0.2, 0.25) is 25.7 Å². The van der Waals surface area contributed by atoms with Gasteiger partial charge in [0.25, 0.3) is 0 Å². The van der Waals surface area contributed by atoms with E-state index in [4.69, 9.17) is 4.74 Å². The normalized spacial score (nSPS) is 21.5. The molecule has 0 saturated heterocycles. The van der Waals surface area contributed by atoms with Crippen LogP contribution in [0.3, 0.4) is 0 Å². The van der Waals surface area contributed by atoms with Crippen LogP contribution in [0.15, 0.2) is 31.0 Å². The van der Waals surface area contributed by atoms with Gasteiger partial charge in [-0.25, -0.2) is 9.97 Å². The fourth-order valence-electron chi connectivity index (χ4n) is 3.91. The summed E-state index contributed by atoms with van der Waals surface area (Å²) in [5.41, 5.74) is 1.82. The third-order valence-electron chi connectivity index (χ3n) is 6.17. The molecule has 0 aromatic carbocycles. The number of fused-ring (bicyclic) bond motifs is 1. The Morgan fingerprint density at radius 2 is 2.13 bits per heavy atom. The minimum absolute atomic E-state index is 0.183. The van der Waals surface area contributed by atoms with E-state index in [0.717, 1.165) is 34.9 Å². The molecule has 3 aromatic rings. The molecule has 1 aliphatic rings. The van der Waals surface area contributed by atoms with Gasteiger partial charge < -0.3 is 9.30 Å². The molecule has 0 amide bonds. The van der Waals surface area contributed by atoms with Crippen LogP contribution in [0.1, 0.15) is 19.4 Å². The van der Waals surface area contributed by atoms with Crippen molar-refractivity contribution in [2.24, 2.45) is 11.3 Å². The van der Waals surface area contributed by atoms with Crippen molar-refractivity contribution >= 4 is 19.1 Å². The maximum atomic E-state index is 9.62. The molecule has 4 rings (SSSR count). The molecule has 0 bridgehead atoms. The van der Waals surface area contributed by atoms with Gasteiger partial charge >= 0.3 is 0 Å². The predicted octanol–water partition coefficient (Wildman–Crippen LogP) is 4.22. The Balaban J connectivity index is 1.54. The summed E-state index contributed by atoms with van der Waals surface area (Å²) in [6, 6.07) is 7.51. The maximum absolute atomic E-state index is 9.62. The first-order valence-electron chi connectivity index (χ1n) is 10.5. The monoisotopic (exact) mass is 433 g/mol. The first-order valence-corrected chi connectivity index (χ1v) is 14.2. The second-order valence-electron chi connectivity index (χ2n) is 9.52. The van der Waals surface area contributed by atoms with Crippen molar-refractivity contribution in [3.8, 4) is 23.4 Å². The molecule has 0 N–H and O–H groups in total. The fraction of sp³-hybridized carbons (Fsp3) is 0.500. The van der Waals surface area contributed by atoms with Gasteiger partial charge in [-0.1, -0.05) is 19.6 Å². The molecule has 1 fully saturated rings. The summed E-state index contributed by atoms with van der Waals surface area (Å²) >= 11 is 0. The predicted molar refractivity (Wildman–Crippen MR) is 119 cm³/mol. The van der Waals surface area contributed by atoms with E-state index in [-0.39, 0.29) is 12.0 Å². The number of aromatic nitrogens is 5. The van der Waals surface area contributed by atoms with E-state index < -0.39 is 13.5 Å². The van der Waals surface area contributed by atoms with Gasteiger partial charge in [-0.2, -0.15) is 15.6 Å². The van der Waals surface area contributed by atoms with E-state index in [0.29, 0.717) is 13.2 Å².